The number of pyridine rings is 1. The standard InChI is InChI=1S/C21H23N3O2/c1-2-12-26-19-9-5-11-24(15-19)21(25)17-7-3-6-16(13-17)20-10-4-8-18(14-22)23-20/h3-4,6-8,10,13,19H,2,5,9,11-12,15H2,1H3. The zero-order chi connectivity index (χ0) is 18.4. The summed E-state index contributed by atoms with van der Waals surface area (Å²) in [4.78, 5) is 19.1. The van der Waals surface area contributed by atoms with Gasteiger partial charge in [-0.1, -0.05) is 25.1 Å². The molecule has 5 nitrogen and oxygen atoms in total. The van der Waals surface area contributed by atoms with Crippen molar-refractivity contribution >= 4 is 5.91 Å². The van der Waals surface area contributed by atoms with Gasteiger partial charge in [0.05, 0.1) is 11.8 Å². The molecular formula is C21H23N3O2. The second kappa shape index (κ2) is 8.59. The molecule has 3 rings (SSSR count). The first kappa shape index (κ1) is 18.1. The van der Waals surface area contributed by atoms with Gasteiger partial charge in [0.15, 0.2) is 0 Å². The molecule has 1 saturated heterocycles. The molecule has 134 valence electrons. The number of ether oxygens (including phenoxy) is 1. The van der Waals surface area contributed by atoms with Crippen LogP contribution in [0.1, 0.15) is 42.2 Å². The topological polar surface area (TPSA) is 66.2 Å². The number of benzene rings is 1. The molecule has 1 unspecified atom stereocenters. The van der Waals surface area contributed by atoms with Crippen molar-refractivity contribution in [2.75, 3.05) is 19.7 Å². The van der Waals surface area contributed by atoms with Gasteiger partial charge in [-0.3, -0.25) is 4.79 Å². The Morgan fingerprint density at radius 2 is 2.19 bits per heavy atom. The molecule has 0 saturated carbocycles. The minimum atomic E-state index is 0.0214. The normalized spacial score (nSPS) is 16.9. The predicted molar refractivity (Wildman–Crippen MR) is 99.6 cm³/mol. The van der Waals surface area contributed by atoms with Crippen LogP contribution in [-0.4, -0.2) is 41.6 Å². The molecule has 2 heterocycles. The minimum absolute atomic E-state index is 0.0214. The number of likely N-dealkylation sites (tertiary alicyclic amines) is 1. The van der Waals surface area contributed by atoms with Gasteiger partial charge in [-0.2, -0.15) is 5.26 Å². The summed E-state index contributed by atoms with van der Waals surface area (Å²) in [6.07, 6.45) is 3.09. The Labute approximate surface area is 154 Å². The maximum atomic E-state index is 12.9. The largest absolute Gasteiger partial charge is 0.376 e. The van der Waals surface area contributed by atoms with E-state index in [4.69, 9.17) is 10.00 Å². The summed E-state index contributed by atoms with van der Waals surface area (Å²) in [5.41, 5.74) is 2.54. The van der Waals surface area contributed by atoms with Crippen LogP contribution in [0.3, 0.4) is 0 Å². The van der Waals surface area contributed by atoms with Crippen LogP contribution in [0, 0.1) is 11.3 Å². The first-order chi connectivity index (χ1) is 12.7. The minimum Gasteiger partial charge on any atom is -0.376 e. The Balaban J connectivity index is 1.77. The van der Waals surface area contributed by atoms with Gasteiger partial charge >= 0.3 is 0 Å². The van der Waals surface area contributed by atoms with Crippen LogP contribution in [0.5, 0.6) is 0 Å². The van der Waals surface area contributed by atoms with E-state index in [9.17, 15) is 4.79 Å². The molecule has 2 aromatic rings. The van der Waals surface area contributed by atoms with Crippen molar-refractivity contribution in [3.63, 3.8) is 0 Å². The monoisotopic (exact) mass is 349 g/mol. The number of hydrogen-bond acceptors (Lipinski definition) is 4. The lowest BCUT2D eigenvalue weighted by Gasteiger charge is -2.32. The van der Waals surface area contributed by atoms with Crippen molar-refractivity contribution in [2.45, 2.75) is 32.3 Å². The van der Waals surface area contributed by atoms with Crippen LogP contribution in [0.2, 0.25) is 0 Å². The maximum Gasteiger partial charge on any atom is 0.253 e. The van der Waals surface area contributed by atoms with E-state index in [1.165, 1.54) is 0 Å². The highest BCUT2D eigenvalue weighted by atomic mass is 16.5. The summed E-state index contributed by atoms with van der Waals surface area (Å²) in [5, 5.41) is 9.02. The molecule has 1 aliphatic heterocycles. The van der Waals surface area contributed by atoms with Crippen molar-refractivity contribution in [3.05, 3.63) is 53.7 Å². The van der Waals surface area contributed by atoms with E-state index < -0.39 is 0 Å². The Morgan fingerprint density at radius 1 is 1.35 bits per heavy atom. The second-order valence-corrected chi connectivity index (χ2v) is 6.49. The van der Waals surface area contributed by atoms with Gasteiger partial charge in [-0.25, -0.2) is 4.98 Å². The highest BCUT2D eigenvalue weighted by molar-refractivity contribution is 5.95. The molecule has 0 spiro atoms. The summed E-state index contributed by atoms with van der Waals surface area (Å²) < 4.78 is 5.83. The number of rotatable bonds is 5. The highest BCUT2D eigenvalue weighted by Crippen LogP contribution is 2.21. The molecule has 5 heteroatoms. The third-order valence-corrected chi connectivity index (χ3v) is 4.49. The number of piperidine rings is 1. The van der Waals surface area contributed by atoms with Crippen molar-refractivity contribution < 1.29 is 9.53 Å². The van der Waals surface area contributed by atoms with Gasteiger partial charge in [0.2, 0.25) is 0 Å². The number of hydrogen-bond donors (Lipinski definition) is 0. The third-order valence-electron chi connectivity index (χ3n) is 4.49. The lowest BCUT2D eigenvalue weighted by atomic mass is 10.0. The van der Waals surface area contributed by atoms with E-state index in [2.05, 4.69) is 11.9 Å². The van der Waals surface area contributed by atoms with Gasteiger partial charge in [0.1, 0.15) is 11.8 Å². The molecule has 1 aliphatic rings. The number of aromatic nitrogens is 1. The van der Waals surface area contributed by atoms with E-state index in [1.54, 1.807) is 12.1 Å². The van der Waals surface area contributed by atoms with E-state index in [-0.39, 0.29) is 12.0 Å². The fourth-order valence-electron chi connectivity index (χ4n) is 3.20. The van der Waals surface area contributed by atoms with Crippen LogP contribution >= 0.6 is 0 Å². The first-order valence-electron chi connectivity index (χ1n) is 9.09. The molecule has 1 atom stereocenters. The predicted octanol–water partition coefficient (Wildman–Crippen LogP) is 3.65. The van der Waals surface area contributed by atoms with Crippen LogP contribution in [-0.2, 0) is 4.74 Å². The Bertz CT molecular complexity index is 813. The number of amides is 1. The summed E-state index contributed by atoms with van der Waals surface area (Å²) in [7, 11) is 0. The van der Waals surface area contributed by atoms with Crippen molar-refractivity contribution in [2.24, 2.45) is 0 Å². The fraction of sp³-hybridized carbons (Fsp3) is 0.381. The number of nitrogens with zero attached hydrogens (tertiary/aromatic N) is 3. The molecule has 0 N–H and O–H groups in total. The van der Waals surface area contributed by atoms with Crippen LogP contribution in [0.4, 0.5) is 0 Å². The second-order valence-electron chi connectivity index (χ2n) is 6.49. The van der Waals surface area contributed by atoms with Crippen molar-refractivity contribution in [3.8, 4) is 17.3 Å². The molecule has 0 radical (unpaired) electrons. The number of carbonyl (C=O) groups is 1. The molecule has 1 aromatic heterocycles. The van der Waals surface area contributed by atoms with Gasteiger partial charge in [0, 0.05) is 30.8 Å². The summed E-state index contributed by atoms with van der Waals surface area (Å²) in [6, 6.07) is 14.8. The average molecular weight is 349 g/mol. The van der Waals surface area contributed by atoms with Gasteiger partial charge in [0.25, 0.3) is 5.91 Å². The lowest BCUT2D eigenvalue weighted by Crippen LogP contribution is -2.43. The van der Waals surface area contributed by atoms with E-state index in [0.29, 0.717) is 23.5 Å². The SMILES string of the molecule is CCCOC1CCCN(C(=O)c2cccc(-c3cccc(C#N)n3)c2)C1. The Morgan fingerprint density at radius 3 is 3.00 bits per heavy atom. The summed E-state index contributed by atoms with van der Waals surface area (Å²) in [5.74, 6) is 0.0214. The summed E-state index contributed by atoms with van der Waals surface area (Å²) in [6.45, 7) is 4.23. The summed E-state index contributed by atoms with van der Waals surface area (Å²) >= 11 is 0. The van der Waals surface area contributed by atoms with Crippen molar-refractivity contribution in [1.29, 1.82) is 5.26 Å². The van der Waals surface area contributed by atoms with Gasteiger partial charge in [-0.15, -0.1) is 0 Å². The van der Waals surface area contributed by atoms with Gasteiger partial charge < -0.3 is 9.64 Å². The fourth-order valence-corrected chi connectivity index (χ4v) is 3.20. The number of carbonyl (C=O) groups excluding carboxylic acids is 1. The Kier molecular flexibility index (Phi) is 5.98. The first-order valence-corrected chi connectivity index (χ1v) is 9.09. The quantitative estimate of drug-likeness (QED) is 0.826. The highest BCUT2D eigenvalue weighted by Gasteiger charge is 2.25. The van der Waals surface area contributed by atoms with Crippen LogP contribution in [0.25, 0.3) is 11.3 Å². The van der Waals surface area contributed by atoms with Gasteiger partial charge in [-0.05, 0) is 43.5 Å². The molecule has 1 aromatic carbocycles. The zero-order valence-corrected chi connectivity index (χ0v) is 15.0. The van der Waals surface area contributed by atoms with E-state index >= 15 is 0 Å². The van der Waals surface area contributed by atoms with E-state index in [0.717, 1.165) is 38.0 Å². The smallest absolute Gasteiger partial charge is 0.253 e. The van der Waals surface area contributed by atoms with Crippen LogP contribution < -0.4 is 0 Å². The van der Waals surface area contributed by atoms with E-state index in [1.807, 2.05) is 41.3 Å². The zero-order valence-electron chi connectivity index (χ0n) is 15.0. The average Bonchev–Trinajstić information content (AvgIpc) is 2.72. The molecule has 0 aliphatic carbocycles. The lowest BCUT2D eigenvalue weighted by molar-refractivity contribution is 0.00211. The number of nitriles is 1. The molecule has 0 bridgehead atoms. The molecule has 1 amide bonds. The molecule has 26 heavy (non-hydrogen) atoms. The van der Waals surface area contributed by atoms with Crippen molar-refractivity contribution in [1.82, 2.24) is 9.88 Å². The molecule has 1 fully saturated rings. The molecular weight excluding hydrogens is 326 g/mol. The van der Waals surface area contributed by atoms with Crippen LogP contribution in [0.15, 0.2) is 42.5 Å². The maximum absolute atomic E-state index is 12.9. The third kappa shape index (κ3) is 4.27. The Hall–Kier alpha value is -2.71.